The number of aliphatic hydroxyl groups excluding tert-OH is 1. The first kappa shape index (κ1) is 61.9. The lowest BCUT2D eigenvalue weighted by Crippen LogP contribution is -2.43. The molecule has 0 aliphatic heterocycles. The van der Waals surface area contributed by atoms with E-state index in [-0.39, 0.29) is 12.8 Å². The Balaban J connectivity index is 3.88. The number of phosphoric ester groups is 1. The van der Waals surface area contributed by atoms with Gasteiger partial charge in [0.15, 0.2) is 6.04 Å². The van der Waals surface area contributed by atoms with Gasteiger partial charge in [0.25, 0.3) is 0 Å². The van der Waals surface area contributed by atoms with Crippen molar-refractivity contribution in [2.75, 3.05) is 19.8 Å². The van der Waals surface area contributed by atoms with E-state index in [2.05, 4.69) is 92.1 Å². The molecule has 3 unspecified atom stereocenters. The normalized spacial score (nSPS) is 14.2. The molecule has 0 bridgehead atoms. The number of aliphatic carboxylic acids is 1. The predicted octanol–water partition coefficient (Wildman–Crippen LogP) is 14.1. The van der Waals surface area contributed by atoms with Gasteiger partial charge in [0.05, 0.1) is 13.2 Å². The third-order valence-corrected chi connectivity index (χ3v) is 11.7. The van der Waals surface area contributed by atoms with E-state index in [0.29, 0.717) is 12.8 Å². The maximum absolute atomic E-state index is 12.4. The lowest BCUT2D eigenvalue weighted by Gasteiger charge is -2.18. The minimum Gasteiger partial charge on any atom is -0.480 e. The number of nitrogens with one attached hydrogen (secondary N) is 1. The van der Waals surface area contributed by atoms with Gasteiger partial charge in [-0.1, -0.05) is 209 Å². The van der Waals surface area contributed by atoms with Gasteiger partial charge in [-0.2, -0.15) is 0 Å². The highest BCUT2D eigenvalue weighted by Crippen LogP contribution is 2.43. The van der Waals surface area contributed by atoms with Crippen LogP contribution in [0.3, 0.4) is 0 Å². The molecule has 0 rings (SSSR count). The summed E-state index contributed by atoms with van der Waals surface area (Å²) in [5.74, 6) is -2.40. The molecule has 4 N–H and O–H groups in total. The van der Waals surface area contributed by atoms with Crippen LogP contribution in [0.5, 0.6) is 0 Å². The summed E-state index contributed by atoms with van der Waals surface area (Å²) in [6.07, 6.45) is 57.8. The fraction of sp³-hybridized carbons (Fsp3) is 0.717. The Morgan fingerprint density at radius 1 is 0.508 bits per heavy atom. The van der Waals surface area contributed by atoms with Crippen LogP contribution in [0, 0.1) is 0 Å². The van der Waals surface area contributed by atoms with Crippen LogP contribution in [0.25, 0.3) is 0 Å². The van der Waals surface area contributed by atoms with Gasteiger partial charge >= 0.3 is 19.8 Å². The molecule has 0 aromatic heterocycles. The molecule has 0 saturated carbocycles. The number of carbonyl (C=O) groups excluding carboxylic acids is 2. The molecule has 0 heterocycles. The molecule has 65 heavy (non-hydrogen) atoms. The van der Waals surface area contributed by atoms with Crippen LogP contribution in [-0.2, 0) is 32.7 Å². The minimum absolute atomic E-state index is 0.145. The molecular weight excluding hydrogens is 842 g/mol. The number of carbonyl (C=O) groups is 3. The molecule has 0 aromatic rings. The summed E-state index contributed by atoms with van der Waals surface area (Å²) in [7, 11) is -4.77. The van der Waals surface area contributed by atoms with Crippen LogP contribution in [0.1, 0.15) is 213 Å². The Labute approximate surface area is 395 Å². The highest BCUT2D eigenvalue weighted by molar-refractivity contribution is 7.47. The average molecular weight is 934 g/mol. The summed E-state index contributed by atoms with van der Waals surface area (Å²) in [4.78, 5) is 46.1. The Kier molecular flexibility index (Phi) is 45.2. The van der Waals surface area contributed by atoms with Crippen LogP contribution in [0.2, 0.25) is 0 Å². The van der Waals surface area contributed by atoms with Gasteiger partial charge in [0.2, 0.25) is 5.91 Å². The van der Waals surface area contributed by atoms with E-state index in [0.717, 1.165) is 83.5 Å². The number of aliphatic hydroxyl groups is 1. The Bertz CT molecular complexity index is 1370. The Morgan fingerprint density at radius 3 is 1.34 bits per heavy atom. The maximum atomic E-state index is 12.4. The van der Waals surface area contributed by atoms with Crippen LogP contribution in [0.15, 0.2) is 72.9 Å². The SMILES string of the molecule is CC/C=C\C/C=C\C/C=C\C/C=C\C/C=C\C/C=C\CCCCCCC(=O)OCC(O)COP(=O)(O)OCC(NC(=O)CCCCCCCCCCCCCCCCCCCC)C(=O)O. The van der Waals surface area contributed by atoms with Crippen molar-refractivity contribution in [3.63, 3.8) is 0 Å². The summed E-state index contributed by atoms with van der Waals surface area (Å²) in [6.45, 7) is 2.48. The predicted molar refractivity (Wildman–Crippen MR) is 268 cm³/mol. The summed E-state index contributed by atoms with van der Waals surface area (Å²) in [5.41, 5.74) is 0. The van der Waals surface area contributed by atoms with Crippen LogP contribution < -0.4 is 5.32 Å². The highest BCUT2D eigenvalue weighted by Gasteiger charge is 2.28. The van der Waals surface area contributed by atoms with Crippen molar-refractivity contribution < 1.29 is 47.8 Å². The molecule has 1 amide bonds. The number of phosphoric acid groups is 1. The molecule has 0 saturated heterocycles. The van der Waals surface area contributed by atoms with Crippen molar-refractivity contribution in [2.24, 2.45) is 0 Å². The van der Waals surface area contributed by atoms with Gasteiger partial charge in [-0.3, -0.25) is 18.6 Å². The van der Waals surface area contributed by atoms with Crippen molar-refractivity contribution in [2.45, 2.75) is 225 Å². The van der Waals surface area contributed by atoms with Crippen molar-refractivity contribution in [3.05, 3.63) is 72.9 Å². The number of rotatable bonds is 47. The number of ether oxygens (including phenoxy) is 1. The first-order valence-corrected chi connectivity index (χ1v) is 27.0. The second-order valence-corrected chi connectivity index (χ2v) is 18.4. The van der Waals surface area contributed by atoms with Crippen molar-refractivity contribution in [1.82, 2.24) is 5.32 Å². The lowest BCUT2D eigenvalue weighted by molar-refractivity contribution is -0.147. The van der Waals surface area contributed by atoms with Crippen molar-refractivity contribution in [3.8, 4) is 0 Å². The summed E-state index contributed by atoms with van der Waals surface area (Å²) in [5, 5.41) is 21.9. The highest BCUT2D eigenvalue weighted by atomic mass is 31.2. The molecule has 0 aliphatic rings. The molecule has 0 fully saturated rings. The maximum Gasteiger partial charge on any atom is 0.472 e. The van der Waals surface area contributed by atoms with E-state index in [1.54, 1.807) is 0 Å². The number of unbranched alkanes of at least 4 members (excludes halogenated alkanes) is 21. The molecule has 0 aromatic carbocycles. The monoisotopic (exact) mass is 934 g/mol. The summed E-state index contributed by atoms with van der Waals surface area (Å²) >= 11 is 0. The van der Waals surface area contributed by atoms with Gasteiger partial charge in [0, 0.05) is 12.8 Å². The van der Waals surface area contributed by atoms with E-state index in [4.69, 9.17) is 13.8 Å². The van der Waals surface area contributed by atoms with E-state index in [1.807, 2.05) is 0 Å². The second kappa shape index (κ2) is 47.4. The molecule has 3 atom stereocenters. The van der Waals surface area contributed by atoms with Crippen LogP contribution >= 0.6 is 7.82 Å². The third kappa shape index (κ3) is 47.2. The number of carboxylic acids is 1. The van der Waals surface area contributed by atoms with Crippen LogP contribution in [0.4, 0.5) is 0 Å². The van der Waals surface area contributed by atoms with Crippen LogP contribution in [-0.4, -0.2) is 64.9 Å². The lowest BCUT2D eigenvalue weighted by atomic mass is 10.0. The molecule has 11 nitrogen and oxygen atoms in total. The fourth-order valence-electron chi connectivity index (χ4n) is 6.85. The molecule has 0 radical (unpaired) electrons. The fourth-order valence-corrected chi connectivity index (χ4v) is 7.62. The number of hydrogen-bond donors (Lipinski definition) is 4. The molecule has 0 aliphatic carbocycles. The van der Waals surface area contributed by atoms with Gasteiger partial charge in [-0.25, -0.2) is 9.36 Å². The topological polar surface area (TPSA) is 169 Å². The smallest absolute Gasteiger partial charge is 0.472 e. The van der Waals surface area contributed by atoms with Crippen molar-refractivity contribution >= 4 is 25.7 Å². The first-order valence-electron chi connectivity index (χ1n) is 25.5. The van der Waals surface area contributed by atoms with Gasteiger partial charge in [-0.15, -0.1) is 0 Å². The number of amides is 1. The number of hydrogen-bond acceptors (Lipinski definition) is 8. The van der Waals surface area contributed by atoms with E-state index >= 15 is 0 Å². The van der Waals surface area contributed by atoms with E-state index in [9.17, 15) is 34.1 Å². The minimum atomic E-state index is -4.77. The molecule has 12 heteroatoms. The summed E-state index contributed by atoms with van der Waals surface area (Å²) in [6, 6.07) is -1.55. The zero-order valence-electron chi connectivity index (χ0n) is 40.8. The van der Waals surface area contributed by atoms with Gasteiger partial charge in [0.1, 0.15) is 12.7 Å². The first-order chi connectivity index (χ1) is 31.6. The van der Waals surface area contributed by atoms with Gasteiger partial charge < -0.3 is 25.2 Å². The van der Waals surface area contributed by atoms with E-state index in [1.165, 1.54) is 89.9 Å². The van der Waals surface area contributed by atoms with E-state index < -0.39 is 57.6 Å². The molecule has 0 spiro atoms. The number of esters is 1. The third-order valence-electron chi connectivity index (χ3n) is 10.8. The Hall–Kier alpha value is -3.08. The standard InChI is InChI=1S/C53H92NO10P/c1-3-5-7-9-11-13-15-17-19-21-23-24-25-26-27-29-31-33-35-37-39-41-43-45-52(57)62-46-49(55)47-63-65(60,61)64-48-50(53(58)59)54-51(56)44-42-40-38-36-34-32-30-28-22-20-18-16-14-12-10-8-6-4-2/h5,7,11,13,17,19,23-24,26-27,31,33,49-50,55H,3-4,6,8-10,12,14-16,18,20-22,25,28-30,32,34-48H2,1-2H3,(H,54,56)(H,58,59)(H,60,61)/b7-5-,13-11-,19-17-,24-23-,27-26-,33-31-. The molecular formula is C53H92NO10P. The summed E-state index contributed by atoms with van der Waals surface area (Å²) < 4.78 is 26.9. The Morgan fingerprint density at radius 2 is 0.892 bits per heavy atom. The largest absolute Gasteiger partial charge is 0.480 e. The molecule has 374 valence electrons. The number of allylic oxidation sites excluding steroid dienone is 12. The average Bonchev–Trinajstić information content (AvgIpc) is 3.28. The van der Waals surface area contributed by atoms with Gasteiger partial charge in [-0.05, 0) is 64.2 Å². The quantitative estimate of drug-likeness (QED) is 0.0199. The second-order valence-electron chi connectivity index (χ2n) is 17.0. The van der Waals surface area contributed by atoms with Crippen molar-refractivity contribution in [1.29, 1.82) is 0 Å². The number of carboxylic acid groups (broad SMARTS) is 1. The zero-order valence-corrected chi connectivity index (χ0v) is 41.7. The zero-order chi connectivity index (χ0) is 47.7.